The predicted molar refractivity (Wildman–Crippen MR) is 131 cm³/mol. The van der Waals surface area contributed by atoms with Crippen LogP contribution in [0, 0.1) is 0 Å². The first-order valence-corrected chi connectivity index (χ1v) is 10.5. The number of hydrazone groups is 1. The Kier molecular flexibility index (Phi) is 5.26. The highest BCUT2D eigenvalue weighted by atomic mass is 35.5. The van der Waals surface area contributed by atoms with Crippen molar-refractivity contribution in [2.24, 2.45) is 5.10 Å². The van der Waals surface area contributed by atoms with Crippen molar-refractivity contribution in [2.45, 2.75) is 0 Å². The zero-order chi connectivity index (χ0) is 21.0. The summed E-state index contributed by atoms with van der Waals surface area (Å²) in [6.45, 7) is 0. The van der Waals surface area contributed by atoms with Crippen LogP contribution in [0.25, 0.3) is 27.8 Å². The van der Waals surface area contributed by atoms with Crippen LogP contribution in [0.1, 0.15) is 5.56 Å². The lowest BCUT2D eigenvalue weighted by Gasteiger charge is -2.12. The summed E-state index contributed by atoms with van der Waals surface area (Å²) < 4.78 is 2.30. The molecule has 0 spiro atoms. The van der Waals surface area contributed by atoms with Crippen LogP contribution >= 0.6 is 11.6 Å². The van der Waals surface area contributed by atoms with Gasteiger partial charge in [-0.2, -0.15) is 5.10 Å². The van der Waals surface area contributed by atoms with Crippen molar-refractivity contribution in [1.82, 2.24) is 4.57 Å². The van der Waals surface area contributed by atoms with E-state index >= 15 is 0 Å². The van der Waals surface area contributed by atoms with E-state index in [0.29, 0.717) is 5.02 Å². The van der Waals surface area contributed by atoms with Crippen LogP contribution in [0.5, 0.6) is 0 Å². The molecule has 0 atom stereocenters. The summed E-state index contributed by atoms with van der Waals surface area (Å²) in [5.74, 6) is 0. The Bertz CT molecular complexity index is 1340. The summed E-state index contributed by atoms with van der Waals surface area (Å²) in [6.07, 6.45) is 1.90. The standard InChI is InChI=1S/C27H20ClN3/c28-21-15-17-22(18-16-21)30-29-19-25-24-13-7-8-14-26(24)31(23-11-5-2-6-12-23)27(25)20-9-3-1-4-10-20/h1-19,30H/b29-19+. The van der Waals surface area contributed by atoms with Gasteiger partial charge in [-0.05, 0) is 48.0 Å². The molecule has 31 heavy (non-hydrogen) atoms. The lowest BCUT2D eigenvalue weighted by molar-refractivity contribution is 1.13. The number of nitrogens with one attached hydrogen (secondary N) is 1. The topological polar surface area (TPSA) is 29.3 Å². The van der Waals surface area contributed by atoms with E-state index in [1.54, 1.807) is 0 Å². The quantitative estimate of drug-likeness (QED) is 0.232. The minimum Gasteiger partial charge on any atom is -0.309 e. The number of hydrogen-bond donors (Lipinski definition) is 1. The average Bonchev–Trinajstić information content (AvgIpc) is 3.16. The lowest BCUT2D eigenvalue weighted by atomic mass is 10.1. The number of para-hydroxylation sites is 2. The molecular formula is C27H20ClN3. The number of benzene rings is 4. The fourth-order valence-corrected chi connectivity index (χ4v) is 3.94. The normalized spacial score (nSPS) is 11.3. The Morgan fingerprint density at radius 3 is 2.10 bits per heavy atom. The van der Waals surface area contributed by atoms with Gasteiger partial charge in [0, 0.05) is 21.7 Å². The van der Waals surface area contributed by atoms with Crippen molar-refractivity contribution in [3.05, 3.63) is 120 Å². The van der Waals surface area contributed by atoms with Gasteiger partial charge in [-0.15, -0.1) is 0 Å². The maximum atomic E-state index is 5.99. The van der Waals surface area contributed by atoms with Gasteiger partial charge >= 0.3 is 0 Å². The molecule has 0 fully saturated rings. The minimum absolute atomic E-state index is 0.701. The zero-order valence-corrected chi connectivity index (χ0v) is 17.5. The maximum Gasteiger partial charge on any atom is 0.0629 e. The first kappa shape index (κ1) is 19.2. The van der Waals surface area contributed by atoms with E-state index < -0.39 is 0 Å². The van der Waals surface area contributed by atoms with E-state index in [1.807, 2.05) is 42.6 Å². The lowest BCUT2D eigenvalue weighted by Crippen LogP contribution is -1.98. The number of fused-ring (bicyclic) bond motifs is 1. The highest BCUT2D eigenvalue weighted by Gasteiger charge is 2.18. The minimum atomic E-state index is 0.701. The Morgan fingerprint density at radius 2 is 1.35 bits per heavy atom. The van der Waals surface area contributed by atoms with Crippen LogP contribution in [0.2, 0.25) is 5.02 Å². The number of anilines is 1. The second-order valence-corrected chi connectivity index (χ2v) is 7.63. The predicted octanol–water partition coefficient (Wildman–Crippen LogP) is 7.40. The molecule has 150 valence electrons. The summed E-state index contributed by atoms with van der Waals surface area (Å²) in [5, 5.41) is 6.40. The molecule has 4 heteroatoms. The third-order valence-corrected chi connectivity index (χ3v) is 5.46. The number of halogens is 1. The van der Waals surface area contributed by atoms with Crippen molar-refractivity contribution in [1.29, 1.82) is 0 Å². The molecule has 0 radical (unpaired) electrons. The highest BCUT2D eigenvalue weighted by Crippen LogP contribution is 2.35. The van der Waals surface area contributed by atoms with Crippen LogP contribution in [0.15, 0.2) is 114 Å². The average molecular weight is 422 g/mol. The third kappa shape index (κ3) is 3.83. The van der Waals surface area contributed by atoms with Crippen molar-refractivity contribution in [2.75, 3.05) is 5.43 Å². The fourth-order valence-electron chi connectivity index (χ4n) is 3.82. The zero-order valence-electron chi connectivity index (χ0n) is 16.7. The van der Waals surface area contributed by atoms with Gasteiger partial charge in [0.1, 0.15) is 0 Å². The second kappa shape index (κ2) is 8.50. The highest BCUT2D eigenvalue weighted by molar-refractivity contribution is 6.30. The summed E-state index contributed by atoms with van der Waals surface area (Å²) in [6, 6.07) is 36.8. The van der Waals surface area contributed by atoms with Gasteiger partial charge in [-0.25, -0.2) is 0 Å². The van der Waals surface area contributed by atoms with E-state index in [-0.39, 0.29) is 0 Å². The van der Waals surface area contributed by atoms with Crippen LogP contribution in [0.3, 0.4) is 0 Å². The summed E-state index contributed by atoms with van der Waals surface area (Å²) >= 11 is 5.99. The van der Waals surface area contributed by atoms with E-state index in [9.17, 15) is 0 Å². The van der Waals surface area contributed by atoms with Gasteiger partial charge in [-0.1, -0.05) is 78.3 Å². The number of nitrogens with zero attached hydrogens (tertiary/aromatic N) is 2. The summed E-state index contributed by atoms with van der Waals surface area (Å²) in [4.78, 5) is 0. The molecule has 5 rings (SSSR count). The molecule has 1 heterocycles. The van der Waals surface area contributed by atoms with Crippen molar-refractivity contribution in [3.63, 3.8) is 0 Å². The molecule has 0 bridgehead atoms. The van der Waals surface area contributed by atoms with Gasteiger partial charge in [-0.3, -0.25) is 5.43 Å². The molecule has 0 saturated heterocycles. The van der Waals surface area contributed by atoms with E-state index in [4.69, 9.17) is 11.6 Å². The van der Waals surface area contributed by atoms with Gasteiger partial charge in [0.25, 0.3) is 0 Å². The number of hydrogen-bond acceptors (Lipinski definition) is 2. The molecule has 1 aromatic heterocycles. The Morgan fingerprint density at radius 1 is 0.710 bits per heavy atom. The van der Waals surface area contributed by atoms with Crippen LogP contribution in [0.4, 0.5) is 5.69 Å². The fraction of sp³-hybridized carbons (Fsp3) is 0. The molecule has 1 N–H and O–H groups in total. The van der Waals surface area contributed by atoms with Gasteiger partial charge in [0.2, 0.25) is 0 Å². The molecule has 0 saturated carbocycles. The van der Waals surface area contributed by atoms with Gasteiger partial charge < -0.3 is 4.57 Å². The first-order valence-electron chi connectivity index (χ1n) is 10.1. The third-order valence-electron chi connectivity index (χ3n) is 5.21. The summed E-state index contributed by atoms with van der Waals surface area (Å²) in [7, 11) is 0. The molecule has 0 amide bonds. The maximum absolute atomic E-state index is 5.99. The molecule has 0 aliphatic heterocycles. The van der Waals surface area contributed by atoms with E-state index in [1.165, 1.54) is 0 Å². The molecular weight excluding hydrogens is 402 g/mol. The molecule has 3 nitrogen and oxygen atoms in total. The van der Waals surface area contributed by atoms with Crippen molar-refractivity contribution in [3.8, 4) is 16.9 Å². The van der Waals surface area contributed by atoms with E-state index in [0.717, 1.165) is 39.1 Å². The molecule has 0 unspecified atom stereocenters. The second-order valence-electron chi connectivity index (χ2n) is 7.19. The van der Waals surface area contributed by atoms with Crippen LogP contribution in [-0.2, 0) is 0 Å². The largest absolute Gasteiger partial charge is 0.309 e. The molecule has 4 aromatic carbocycles. The SMILES string of the molecule is Clc1ccc(N/N=C/c2c(-c3ccccc3)n(-c3ccccc3)c3ccccc23)cc1. The number of aromatic nitrogens is 1. The van der Waals surface area contributed by atoms with Crippen LogP contribution < -0.4 is 5.43 Å². The Hall–Kier alpha value is -3.82. The van der Waals surface area contributed by atoms with E-state index in [2.05, 4.69) is 87.9 Å². The molecule has 0 aliphatic rings. The molecule has 5 aromatic rings. The van der Waals surface area contributed by atoms with Crippen molar-refractivity contribution >= 4 is 34.4 Å². The smallest absolute Gasteiger partial charge is 0.0629 e. The summed E-state index contributed by atoms with van der Waals surface area (Å²) in [5.41, 5.74) is 9.55. The van der Waals surface area contributed by atoms with Crippen molar-refractivity contribution < 1.29 is 0 Å². The van der Waals surface area contributed by atoms with Crippen LogP contribution in [-0.4, -0.2) is 10.8 Å². The monoisotopic (exact) mass is 421 g/mol. The number of rotatable bonds is 5. The Labute approximate surface area is 186 Å². The van der Waals surface area contributed by atoms with Gasteiger partial charge in [0.05, 0.1) is 23.1 Å². The van der Waals surface area contributed by atoms with Gasteiger partial charge in [0.15, 0.2) is 0 Å². The first-order chi connectivity index (χ1) is 15.3. The Balaban J connectivity index is 1.70. The molecule has 0 aliphatic carbocycles.